The van der Waals surface area contributed by atoms with Crippen LogP contribution in [-0.4, -0.2) is 31.3 Å². The van der Waals surface area contributed by atoms with Crippen molar-refractivity contribution in [1.82, 2.24) is 4.31 Å². The largest absolute Gasteiger partial charge is 0.466 e. The molecule has 2 aromatic carbocycles. The van der Waals surface area contributed by atoms with Crippen molar-refractivity contribution in [2.24, 2.45) is 0 Å². The highest BCUT2D eigenvalue weighted by molar-refractivity contribution is 9.10. The summed E-state index contributed by atoms with van der Waals surface area (Å²) in [6.07, 6.45) is 2.43. The van der Waals surface area contributed by atoms with E-state index in [9.17, 15) is 0 Å². The second-order valence-electron chi connectivity index (χ2n) is 5.85. The van der Waals surface area contributed by atoms with Gasteiger partial charge in [-0.05, 0) is 70.4 Å². The van der Waals surface area contributed by atoms with E-state index in [1.54, 1.807) is 7.11 Å². The quantitative estimate of drug-likeness (QED) is 0.477. The van der Waals surface area contributed by atoms with E-state index in [1.165, 1.54) is 23.3 Å². The molecule has 0 bridgehead atoms. The first kappa shape index (κ1) is 17.8. The van der Waals surface area contributed by atoms with E-state index >= 15 is 0 Å². The predicted molar refractivity (Wildman–Crippen MR) is 102 cm³/mol. The molecule has 5 heteroatoms. The Balaban J connectivity index is 1.53. The van der Waals surface area contributed by atoms with Gasteiger partial charge in [-0.25, -0.2) is 4.31 Å². The lowest BCUT2D eigenvalue weighted by Crippen LogP contribution is -2.27. The van der Waals surface area contributed by atoms with Gasteiger partial charge in [0, 0.05) is 25.1 Å². The molecular weight excluding hydrogens is 386 g/mol. The van der Waals surface area contributed by atoms with E-state index in [4.69, 9.17) is 9.47 Å². The Labute approximate surface area is 156 Å². The molecule has 0 saturated carbocycles. The molecule has 1 saturated heterocycles. The first-order chi connectivity index (χ1) is 11.8. The van der Waals surface area contributed by atoms with Crippen LogP contribution in [0.25, 0.3) is 0 Å². The Morgan fingerprint density at radius 1 is 1.12 bits per heavy atom. The fraction of sp³-hybridized carbons (Fsp3) is 0.368. The molecule has 0 radical (unpaired) electrons. The van der Waals surface area contributed by atoms with E-state index in [2.05, 4.69) is 62.7 Å². The third-order valence-electron chi connectivity index (χ3n) is 4.20. The molecule has 0 amide bonds. The van der Waals surface area contributed by atoms with E-state index < -0.39 is 0 Å². The molecule has 1 aliphatic heterocycles. The van der Waals surface area contributed by atoms with Crippen molar-refractivity contribution in [2.75, 3.05) is 27.0 Å². The van der Waals surface area contributed by atoms with Crippen molar-refractivity contribution < 1.29 is 9.47 Å². The highest BCUT2D eigenvalue weighted by atomic mass is 79.9. The molecule has 1 fully saturated rings. The van der Waals surface area contributed by atoms with E-state index in [0.717, 1.165) is 23.3 Å². The van der Waals surface area contributed by atoms with Crippen molar-refractivity contribution in [2.45, 2.75) is 23.7 Å². The standard InChI is InChI=1S/C19H22BrNO2S/c1-22-14-23-19-8-7-17(13-18(19)20)24-21-11-9-16(10-12-21)15-5-3-2-4-6-15/h2-8,13,16H,9-12,14H2,1H3. The molecule has 24 heavy (non-hydrogen) atoms. The number of rotatable bonds is 6. The molecule has 128 valence electrons. The second kappa shape index (κ2) is 8.90. The SMILES string of the molecule is COCOc1ccc(SN2CCC(c3ccccc3)CC2)cc1Br. The summed E-state index contributed by atoms with van der Waals surface area (Å²) in [5.74, 6) is 1.50. The Morgan fingerprint density at radius 3 is 2.54 bits per heavy atom. The fourth-order valence-corrected chi connectivity index (χ4v) is 4.57. The van der Waals surface area contributed by atoms with Crippen LogP contribution in [0.1, 0.15) is 24.3 Å². The zero-order valence-corrected chi connectivity index (χ0v) is 16.2. The summed E-state index contributed by atoms with van der Waals surface area (Å²) in [5.41, 5.74) is 1.48. The molecule has 0 aliphatic carbocycles. The Kier molecular flexibility index (Phi) is 6.60. The van der Waals surface area contributed by atoms with Gasteiger partial charge in [-0.3, -0.25) is 0 Å². The number of piperidine rings is 1. The number of benzene rings is 2. The average Bonchev–Trinajstić information content (AvgIpc) is 2.62. The number of halogens is 1. The van der Waals surface area contributed by atoms with Gasteiger partial charge in [-0.2, -0.15) is 0 Å². The lowest BCUT2D eigenvalue weighted by Gasteiger charge is -2.31. The molecule has 0 spiro atoms. The molecule has 3 nitrogen and oxygen atoms in total. The zero-order chi connectivity index (χ0) is 16.8. The number of hydrogen-bond acceptors (Lipinski definition) is 4. The third-order valence-corrected chi connectivity index (χ3v) is 5.90. The van der Waals surface area contributed by atoms with Crippen molar-refractivity contribution >= 4 is 27.9 Å². The van der Waals surface area contributed by atoms with Crippen LogP contribution in [0, 0.1) is 0 Å². The maximum absolute atomic E-state index is 5.50. The summed E-state index contributed by atoms with van der Waals surface area (Å²) >= 11 is 5.39. The predicted octanol–water partition coefficient (Wildman–Crippen LogP) is 5.32. The van der Waals surface area contributed by atoms with E-state index in [0.29, 0.717) is 5.92 Å². The van der Waals surface area contributed by atoms with Gasteiger partial charge in [-0.15, -0.1) is 0 Å². The lowest BCUT2D eigenvalue weighted by atomic mass is 9.90. The van der Waals surface area contributed by atoms with Gasteiger partial charge in [0.15, 0.2) is 6.79 Å². The van der Waals surface area contributed by atoms with Crippen molar-refractivity contribution in [3.63, 3.8) is 0 Å². The van der Waals surface area contributed by atoms with Gasteiger partial charge in [0.1, 0.15) is 5.75 Å². The van der Waals surface area contributed by atoms with Crippen LogP contribution in [0.15, 0.2) is 57.9 Å². The first-order valence-electron chi connectivity index (χ1n) is 8.15. The summed E-state index contributed by atoms with van der Waals surface area (Å²) in [7, 11) is 1.62. The molecule has 1 aliphatic rings. The molecule has 0 atom stereocenters. The molecule has 0 unspecified atom stereocenters. The van der Waals surface area contributed by atoms with Crippen molar-refractivity contribution in [3.8, 4) is 5.75 Å². The first-order valence-corrected chi connectivity index (χ1v) is 9.72. The maximum atomic E-state index is 5.50. The van der Waals surface area contributed by atoms with Crippen LogP contribution in [-0.2, 0) is 4.74 Å². The van der Waals surface area contributed by atoms with Crippen LogP contribution < -0.4 is 4.74 Å². The van der Waals surface area contributed by atoms with Gasteiger partial charge in [0.25, 0.3) is 0 Å². The van der Waals surface area contributed by atoms with Crippen molar-refractivity contribution in [1.29, 1.82) is 0 Å². The van der Waals surface area contributed by atoms with Gasteiger partial charge in [0.05, 0.1) is 4.47 Å². The number of hydrogen-bond donors (Lipinski definition) is 0. The summed E-state index contributed by atoms with van der Waals surface area (Å²) < 4.78 is 13.9. The monoisotopic (exact) mass is 407 g/mol. The lowest BCUT2D eigenvalue weighted by molar-refractivity contribution is 0.0505. The Morgan fingerprint density at radius 2 is 1.88 bits per heavy atom. The van der Waals surface area contributed by atoms with E-state index in [1.807, 2.05) is 18.0 Å². The normalized spacial score (nSPS) is 16.2. The molecule has 2 aromatic rings. The summed E-state index contributed by atoms with van der Waals surface area (Å²) in [6.45, 7) is 2.49. The third kappa shape index (κ3) is 4.76. The van der Waals surface area contributed by atoms with Gasteiger partial charge in [0.2, 0.25) is 0 Å². The minimum Gasteiger partial charge on any atom is -0.466 e. The highest BCUT2D eigenvalue weighted by Crippen LogP contribution is 2.35. The molecule has 0 N–H and O–H groups in total. The van der Waals surface area contributed by atoms with Crippen LogP contribution in [0.3, 0.4) is 0 Å². The van der Waals surface area contributed by atoms with Gasteiger partial charge >= 0.3 is 0 Å². The maximum Gasteiger partial charge on any atom is 0.188 e. The van der Waals surface area contributed by atoms with Crippen LogP contribution in [0.2, 0.25) is 0 Å². The topological polar surface area (TPSA) is 21.7 Å². The summed E-state index contributed by atoms with van der Waals surface area (Å²) in [5, 5.41) is 0. The van der Waals surface area contributed by atoms with Gasteiger partial charge in [-0.1, -0.05) is 30.3 Å². The number of methoxy groups -OCH3 is 1. The molecule has 0 aromatic heterocycles. The van der Waals surface area contributed by atoms with Gasteiger partial charge < -0.3 is 9.47 Å². The van der Waals surface area contributed by atoms with Crippen LogP contribution in [0.4, 0.5) is 0 Å². The smallest absolute Gasteiger partial charge is 0.188 e. The highest BCUT2D eigenvalue weighted by Gasteiger charge is 2.21. The second-order valence-corrected chi connectivity index (χ2v) is 7.87. The fourth-order valence-electron chi connectivity index (χ4n) is 2.93. The Hall–Kier alpha value is -1.01. The van der Waals surface area contributed by atoms with Crippen LogP contribution >= 0.6 is 27.9 Å². The minimum absolute atomic E-state index is 0.262. The van der Waals surface area contributed by atoms with Crippen molar-refractivity contribution in [3.05, 3.63) is 58.6 Å². The zero-order valence-electron chi connectivity index (χ0n) is 13.8. The number of ether oxygens (including phenoxy) is 2. The van der Waals surface area contributed by atoms with Crippen LogP contribution in [0.5, 0.6) is 5.75 Å². The molecule has 1 heterocycles. The summed E-state index contributed by atoms with van der Waals surface area (Å²) in [4.78, 5) is 1.23. The molecular formula is C19H22BrNO2S. The molecule has 3 rings (SSSR count). The average molecular weight is 408 g/mol. The van der Waals surface area contributed by atoms with E-state index in [-0.39, 0.29) is 6.79 Å². The number of nitrogens with zero attached hydrogens (tertiary/aromatic N) is 1. The minimum atomic E-state index is 0.262. The Bertz CT molecular complexity index is 645. The summed E-state index contributed by atoms with van der Waals surface area (Å²) in [6, 6.07) is 17.1.